The SMILES string of the molecule is Cc1nn(CCCNC(=O)[C@@H]2[C@@H](C(=O)O)[C@H]3CC[C@H]2O3)c(C)c1Cl. The molecule has 0 aromatic carbocycles. The van der Waals surface area contributed by atoms with Gasteiger partial charge in [0.2, 0.25) is 5.91 Å². The van der Waals surface area contributed by atoms with Crippen LogP contribution in [0.15, 0.2) is 0 Å². The number of carbonyl (C=O) groups excluding carboxylic acids is 1. The van der Waals surface area contributed by atoms with E-state index in [9.17, 15) is 14.7 Å². The van der Waals surface area contributed by atoms with Crippen LogP contribution in [0, 0.1) is 25.7 Å². The molecular formula is C16H22ClN3O4. The van der Waals surface area contributed by atoms with Gasteiger partial charge in [-0.25, -0.2) is 0 Å². The molecule has 1 aromatic heterocycles. The molecule has 0 spiro atoms. The highest BCUT2D eigenvalue weighted by Crippen LogP contribution is 2.43. The van der Waals surface area contributed by atoms with Gasteiger partial charge in [0.15, 0.2) is 0 Å². The summed E-state index contributed by atoms with van der Waals surface area (Å²) in [6, 6.07) is 0. The first-order valence-electron chi connectivity index (χ1n) is 8.25. The molecule has 2 bridgehead atoms. The van der Waals surface area contributed by atoms with Gasteiger partial charge in [-0.15, -0.1) is 0 Å². The number of rotatable bonds is 6. The van der Waals surface area contributed by atoms with Crippen molar-refractivity contribution in [3.63, 3.8) is 0 Å². The van der Waals surface area contributed by atoms with E-state index in [1.165, 1.54) is 0 Å². The second kappa shape index (κ2) is 6.72. The number of ether oxygens (including phenoxy) is 1. The predicted octanol–water partition coefficient (Wildman–Crippen LogP) is 1.54. The van der Waals surface area contributed by atoms with Crippen molar-refractivity contribution < 1.29 is 19.4 Å². The summed E-state index contributed by atoms with van der Waals surface area (Å²) in [5, 5.41) is 17.2. The lowest BCUT2D eigenvalue weighted by molar-refractivity contribution is -0.147. The van der Waals surface area contributed by atoms with Gasteiger partial charge in [-0.3, -0.25) is 14.3 Å². The smallest absolute Gasteiger partial charge is 0.310 e. The number of carboxylic acids is 1. The third-order valence-corrected chi connectivity index (χ3v) is 5.55. The minimum absolute atomic E-state index is 0.221. The van der Waals surface area contributed by atoms with Crippen LogP contribution in [0.5, 0.6) is 0 Å². The number of carboxylic acid groups (broad SMARTS) is 1. The summed E-state index contributed by atoms with van der Waals surface area (Å²) in [4.78, 5) is 23.8. The van der Waals surface area contributed by atoms with Gasteiger partial charge in [-0.1, -0.05) is 11.6 Å². The summed E-state index contributed by atoms with van der Waals surface area (Å²) in [5.74, 6) is -2.47. The Morgan fingerprint density at radius 1 is 1.33 bits per heavy atom. The number of nitrogens with zero attached hydrogens (tertiary/aromatic N) is 2. The molecule has 0 aliphatic carbocycles. The van der Waals surface area contributed by atoms with Crippen molar-refractivity contribution in [3.05, 3.63) is 16.4 Å². The molecule has 1 amide bonds. The highest BCUT2D eigenvalue weighted by Gasteiger charge is 2.55. The number of aliphatic carboxylic acids is 1. The Morgan fingerprint density at radius 3 is 2.58 bits per heavy atom. The van der Waals surface area contributed by atoms with Gasteiger partial charge < -0.3 is 15.2 Å². The van der Waals surface area contributed by atoms with Crippen LogP contribution in [0.1, 0.15) is 30.7 Å². The minimum Gasteiger partial charge on any atom is -0.481 e. The molecule has 0 radical (unpaired) electrons. The van der Waals surface area contributed by atoms with E-state index in [1.807, 2.05) is 18.5 Å². The third-order valence-electron chi connectivity index (χ3n) is 5.00. The number of nitrogens with one attached hydrogen (secondary N) is 1. The number of carbonyl (C=O) groups is 2. The topological polar surface area (TPSA) is 93.5 Å². The zero-order valence-electron chi connectivity index (χ0n) is 13.8. The molecule has 0 unspecified atom stereocenters. The largest absolute Gasteiger partial charge is 0.481 e. The Bertz CT molecular complexity index is 660. The first-order valence-corrected chi connectivity index (χ1v) is 8.63. The summed E-state index contributed by atoms with van der Waals surface area (Å²) < 4.78 is 7.44. The first kappa shape index (κ1) is 17.2. The summed E-state index contributed by atoms with van der Waals surface area (Å²) >= 11 is 6.11. The summed E-state index contributed by atoms with van der Waals surface area (Å²) in [7, 11) is 0. The zero-order chi connectivity index (χ0) is 17.4. The van der Waals surface area contributed by atoms with Crippen LogP contribution in [0.3, 0.4) is 0 Å². The van der Waals surface area contributed by atoms with E-state index in [0.717, 1.165) is 24.2 Å². The van der Waals surface area contributed by atoms with Gasteiger partial charge in [-0.05, 0) is 33.1 Å². The number of amides is 1. The van der Waals surface area contributed by atoms with E-state index in [0.29, 0.717) is 24.5 Å². The van der Waals surface area contributed by atoms with Gasteiger partial charge >= 0.3 is 5.97 Å². The van der Waals surface area contributed by atoms with Crippen LogP contribution >= 0.6 is 11.6 Å². The van der Waals surface area contributed by atoms with Crippen molar-refractivity contribution in [1.29, 1.82) is 0 Å². The van der Waals surface area contributed by atoms with E-state index in [4.69, 9.17) is 16.3 Å². The van der Waals surface area contributed by atoms with Crippen LogP contribution < -0.4 is 5.32 Å². The predicted molar refractivity (Wildman–Crippen MR) is 86.8 cm³/mol. The average molecular weight is 356 g/mol. The highest BCUT2D eigenvalue weighted by atomic mass is 35.5. The van der Waals surface area contributed by atoms with E-state index < -0.39 is 17.8 Å². The van der Waals surface area contributed by atoms with Crippen molar-refractivity contribution in [2.75, 3.05) is 6.54 Å². The van der Waals surface area contributed by atoms with Gasteiger partial charge in [-0.2, -0.15) is 5.10 Å². The quantitative estimate of drug-likeness (QED) is 0.755. The number of hydrogen-bond donors (Lipinski definition) is 2. The molecule has 132 valence electrons. The lowest BCUT2D eigenvalue weighted by Gasteiger charge is -2.23. The van der Waals surface area contributed by atoms with Gasteiger partial charge in [0, 0.05) is 13.1 Å². The molecule has 3 rings (SSSR count). The van der Waals surface area contributed by atoms with E-state index in [1.54, 1.807) is 0 Å². The second-order valence-corrected chi connectivity index (χ2v) is 6.91. The number of hydrogen-bond acceptors (Lipinski definition) is 4. The zero-order valence-corrected chi connectivity index (χ0v) is 14.5. The highest BCUT2D eigenvalue weighted by molar-refractivity contribution is 6.31. The third kappa shape index (κ3) is 3.02. The van der Waals surface area contributed by atoms with Crippen LogP contribution in [0.2, 0.25) is 5.02 Å². The molecule has 7 nitrogen and oxygen atoms in total. The maximum atomic E-state index is 12.4. The van der Waals surface area contributed by atoms with E-state index in [2.05, 4.69) is 10.4 Å². The van der Waals surface area contributed by atoms with Crippen LogP contribution in [-0.2, 0) is 20.9 Å². The molecular weight excluding hydrogens is 334 g/mol. The molecule has 8 heteroatoms. The fraction of sp³-hybridized carbons (Fsp3) is 0.688. The van der Waals surface area contributed by atoms with E-state index >= 15 is 0 Å². The van der Waals surface area contributed by atoms with Crippen molar-refractivity contribution in [2.24, 2.45) is 11.8 Å². The number of aromatic nitrogens is 2. The lowest BCUT2D eigenvalue weighted by Crippen LogP contribution is -2.44. The monoisotopic (exact) mass is 355 g/mol. The Kier molecular flexibility index (Phi) is 4.83. The Morgan fingerprint density at radius 2 is 2.00 bits per heavy atom. The van der Waals surface area contributed by atoms with Gasteiger partial charge in [0.1, 0.15) is 0 Å². The number of halogens is 1. The molecule has 2 aliphatic heterocycles. The number of aryl methyl sites for hydroxylation is 2. The molecule has 2 N–H and O–H groups in total. The van der Waals surface area contributed by atoms with Crippen LogP contribution in [-0.4, -0.2) is 45.5 Å². The van der Waals surface area contributed by atoms with E-state index in [-0.39, 0.29) is 18.1 Å². The standard InChI is InChI=1S/C16H22ClN3O4/c1-8-14(17)9(2)20(19-8)7-3-6-18-15(21)12-10-4-5-11(24-10)13(12)16(22)23/h10-13H,3-7H2,1-2H3,(H,18,21)(H,22,23)/t10-,11-,12+,13+/m1/s1. The second-order valence-electron chi connectivity index (χ2n) is 6.53. The van der Waals surface area contributed by atoms with Crippen LogP contribution in [0.4, 0.5) is 0 Å². The fourth-order valence-electron chi connectivity index (χ4n) is 3.78. The molecule has 4 atom stereocenters. The average Bonchev–Trinajstić information content (AvgIpc) is 3.21. The minimum atomic E-state index is -0.945. The summed E-state index contributed by atoms with van der Waals surface area (Å²) in [6.45, 7) is 4.88. The summed E-state index contributed by atoms with van der Waals surface area (Å²) in [5.41, 5.74) is 1.70. The molecule has 2 aliphatic rings. The van der Waals surface area contributed by atoms with Gasteiger partial charge in [0.25, 0.3) is 0 Å². The molecule has 2 saturated heterocycles. The van der Waals surface area contributed by atoms with Crippen molar-refractivity contribution >= 4 is 23.5 Å². The Balaban J connectivity index is 1.51. The molecule has 0 saturated carbocycles. The fourth-order valence-corrected chi connectivity index (χ4v) is 3.91. The Hall–Kier alpha value is -1.60. The van der Waals surface area contributed by atoms with Crippen molar-refractivity contribution in [1.82, 2.24) is 15.1 Å². The van der Waals surface area contributed by atoms with Crippen molar-refractivity contribution in [2.45, 2.75) is 51.9 Å². The van der Waals surface area contributed by atoms with Crippen LogP contribution in [0.25, 0.3) is 0 Å². The Labute approximate surface area is 145 Å². The molecule has 2 fully saturated rings. The normalized spacial score (nSPS) is 28.3. The number of fused-ring (bicyclic) bond motifs is 2. The maximum absolute atomic E-state index is 12.4. The lowest BCUT2D eigenvalue weighted by atomic mass is 9.79. The molecule has 24 heavy (non-hydrogen) atoms. The van der Waals surface area contributed by atoms with Crippen molar-refractivity contribution in [3.8, 4) is 0 Å². The van der Waals surface area contributed by atoms with Gasteiger partial charge in [0.05, 0.1) is 40.5 Å². The molecule has 1 aromatic rings. The maximum Gasteiger partial charge on any atom is 0.310 e. The molecule has 3 heterocycles. The summed E-state index contributed by atoms with van der Waals surface area (Å²) in [6.07, 6.45) is 1.61. The first-order chi connectivity index (χ1) is 11.4.